The van der Waals surface area contributed by atoms with Gasteiger partial charge in [0.25, 0.3) is 0 Å². The van der Waals surface area contributed by atoms with Crippen molar-refractivity contribution in [3.63, 3.8) is 0 Å². The third kappa shape index (κ3) is 2.43. The fraction of sp³-hybridized carbons (Fsp3) is 0.333. The van der Waals surface area contributed by atoms with Gasteiger partial charge in [-0.25, -0.2) is 0 Å². The van der Waals surface area contributed by atoms with Crippen LogP contribution < -0.4 is 0 Å². The summed E-state index contributed by atoms with van der Waals surface area (Å²) in [6.07, 6.45) is 2.31. The Bertz CT molecular complexity index is 296. The summed E-state index contributed by atoms with van der Waals surface area (Å²) < 4.78 is 0. The molecule has 0 atom stereocenters. The van der Waals surface area contributed by atoms with Crippen LogP contribution in [0.4, 0.5) is 0 Å². The minimum Gasteiger partial charge on any atom is -0.297 e. The standard InChI is InChI=1S/C12H15N/c1-11(7-8-13-9-10-13)12-5-3-2-4-6-12/h2-7H,8-10H2,1H3/b11-7-. The summed E-state index contributed by atoms with van der Waals surface area (Å²) in [7, 11) is 0. The number of nitrogens with zero attached hydrogens (tertiary/aromatic N) is 1. The highest BCUT2D eigenvalue weighted by molar-refractivity contribution is 5.63. The van der Waals surface area contributed by atoms with Crippen LogP contribution in [0.2, 0.25) is 0 Å². The predicted octanol–water partition coefficient (Wildman–Crippen LogP) is 2.41. The second kappa shape index (κ2) is 3.75. The Morgan fingerprint density at radius 1 is 1.31 bits per heavy atom. The van der Waals surface area contributed by atoms with Crippen molar-refractivity contribution in [2.45, 2.75) is 6.92 Å². The lowest BCUT2D eigenvalue weighted by atomic mass is 10.1. The molecule has 1 aromatic rings. The first-order chi connectivity index (χ1) is 6.36. The van der Waals surface area contributed by atoms with Crippen LogP contribution in [0.5, 0.6) is 0 Å². The van der Waals surface area contributed by atoms with Crippen LogP contribution in [0.25, 0.3) is 5.57 Å². The van der Waals surface area contributed by atoms with Crippen molar-refractivity contribution in [1.82, 2.24) is 4.90 Å². The van der Waals surface area contributed by atoms with E-state index >= 15 is 0 Å². The molecule has 0 aliphatic carbocycles. The minimum atomic E-state index is 1.11. The monoisotopic (exact) mass is 173 g/mol. The van der Waals surface area contributed by atoms with Crippen LogP contribution >= 0.6 is 0 Å². The molecule has 68 valence electrons. The van der Waals surface area contributed by atoms with E-state index in [1.807, 2.05) is 0 Å². The Labute approximate surface area is 79.7 Å². The second-order valence-electron chi connectivity index (χ2n) is 3.55. The first-order valence-electron chi connectivity index (χ1n) is 4.81. The van der Waals surface area contributed by atoms with E-state index in [9.17, 15) is 0 Å². The Kier molecular flexibility index (Phi) is 2.46. The molecule has 0 spiro atoms. The molecule has 2 rings (SSSR count). The number of hydrogen-bond acceptors (Lipinski definition) is 1. The van der Waals surface area contributed by atoms with Gasteiger partial charge in [-0.05, 0) is 18.1 Å². The first kappa shape index (κ1) is 8.52. The van der Waals surface area contributed by atoms with Crippen LogP contribution in [0.15, 0.2) is 36.4 Å². The zero-order valence-corrected chi connectivity index (χ0v) is 8.03. The van der Waals surface area contributed by atoms with Crippen molar-refractivity contribution in [3.8, 4) is 0 Å². The van der Waals surface area contributed by atoms with Crippen molar-refractivity contribution in [3.05, 3.63) is 42.0 Å². The van der Waals surface area contributed by atoms with Crippen LogP contribution in [0.3, 0.4) is 0 Å². The maximum absolute atomic E-state index is 2.41. The van der Waals surface area contributed by atoms with Crippen LogP contribution in [-0.4, -0.2) is 24.5 Å². The third-order valence-electron chi connectivity index (χ3n) is 2.42. The van der Waals surface area contributed by atoms with Gasteiger partial charge in [-0.2, -0.15) is 0 Å². The van der Waals surface area contributed by atoms with Crippen LogP contribution in [0, 0.1) is 0 Å². The predicted molar refractivity (Wildman–Crippen MR) is 56.5 cm³/mol. The topological polar surface area (TPSA) is 3.01 Å². The highest BCUT2D eigenvalue weighted by atomic mass is 15.2. The summed E-state index contributed by atoms with van der Waals surface area (Å²) in [5.41, 5.74) is 2.72. The van der Waals surface area contributed by atoms with Gasteiger partial charge < -0.3 is 0 Å². The van der Waals surface area contributed by atoms with Gasteiger partial charge in [0.05, 0.1) is 0 Å². The van der Waals surface area contributed by atoms with E-state index in [4.69, 9.17) is 0 Å². The number of allylic oxidation sites excluding steroid dienone is 1. The number of rotatable bonds is 3. The fourth-order valence-electron chi connectivity index (χ4n) is 1.34. The maximum Gasteiger partial charge on any atom is 0.0170 e. The van der Waals surface area contributed by atoms with Gasteiger partial charge in [0, 0.05) is 19.6 Å². The lowest BCUT2D eigenvalue weighted by molar-refractivity contribution is 0.629. The zero-order chi connectivity index (χ0) is 9.10. The van der Waals surface area contributed by atoms with Crippen molar-refractivity contribution in [2.75, 3.05) is 19.6 Å². The summed E-state index contributed by atoms with van der Waals surface area (Å²) in [5.74, 6) is 0. The van der Waals surface area contributed by atoms with Gasteiger partial charge in [0.15, 0.2) is 0 Å². The number of hydrogen-bond donors (Lipinski definition) is 0. The van der Waals surface area contributed by atoms with Crippen molar-refractivity contribution >= 4 is 5.57 Å². The molecular weight excluding hydrogens is 158 g/mol. The van der Waals surface area contributed by atoms with Crippen molar-refractivity contribution in [2.24, 2.45) is 0 Å². The van der Waals surface area contributed by atoms with E-state index in [1.54, 1.807) is 0 Å². The lowest BCUT2D eigenvalue weighted by Crippen LogP contribution is -1.95. The van der Waals surface area contributed by atoms with Gasteiger partial charge >= 0.3 is 0 Å². The summed E-state index contributed by atoms with van der Waals surface area (Å²) in [6.45, 7) is 5.84. The molecule has 0 saturated carbocycles. The average Bonchev–Trinajstić information content (AvgIpc) is 2.99. The largest absolute Gasteiger partial charge is 0.297 e. The van der Waals surface area contributed by atoms with Gasteiger partial charge in [0.1, 0.15) is 0 Å². The van der Waals surface area contributed by atoms with Crippen molar-refractivity contribution < 1.29 is 0 Å². The molecule has 1 saturated heterocycles. The number of benzene rings is 1. The van der Waals surface area contributed by atoms with Crippen LogP contribution in [0.1, 0.15) is 12.5 Å². The highest BCUT2D eigenvalue weighted by Gasteiger charge is 2.14. The summed E-state index contributed by atoms with van der Waals surface area (Å²) in [4.78, 5) is 2.41. The molecule has 1 aliphatic rings. The average molecular weight is 173 g/mol. The molecule has 0 amide bonds. The summed E-state index contributed by atoms with van der Waals surface area (Å²) in [5, 5.41) is 0. The molecule has 0 bridgehead atoms. The van der Waals surface area contributed by atoms with E-state index < -0.39 is 0 Å². The Morgan fingerprint density at radius 2 is 2.00 bits per heavy atom. The van der Waals surface area contributed by atoms with Gasteiger partial charge in [-0.1, -0.05) is 36.4 Å². The maximum atomic E-state index is 2.41. The van der Waals surface area contributed by atoms with E-state index in [0.717, 1.165) is 6.54 Å². The summed E-state index contributed by atoms with van der Waals surface area (Å²) >= 11 is 0. The molecule has 0 radical (unpaired) electrons. The molecule has 1 fully saturated rings. The molecule has 13 heavy (non-hydrogen) atoms. The van der Waals surface area contributed by atoms with Crippen molar-refractivity contribution in [1.29, 1.82) is 0 Å². The molecule has 0 N–H and O–H groups in total. The second-order valence-corrected chi connectivity index (χ2v) is 3.55. The van der Waals surface area contributed by atoms with Crippen LogP contribution in [-0.2, 0) is 0 Å². The molecule has 1 nitrogen and oxygen atoms in total. The van der Waals surface area contributed by atoms with E-state index in [1.165, 1.54) is 24.2 Å². The molecular formula is C12H15N. The Morgan fingerprint density at radius 3 is 2.62 bits per heavy atom. The van der Waals surface area contributed by atoms with E-state index in [2.05, 4.69) is 48.2 Å². The molecule has 1 aromatic carbocycles. The quantitative estimate of drug-likeness (QED) is 0.634. The Balaban J connectivity index is 2.02. The normalized spacial score (nSPS) is 17.5. The smallest absolute Gasteiger partial charge is 0.0170 e. The molecule has 1 aliphatic heterocycles. The lowest BCUT2D eigenvalue weighted by Gasteiger charge is -2.01. The minimum absolute atomic E-state index is 1.11. The van der Waals surface area contributed by atoms with E-state index in [-0.39, 0.29) is 0 Å². The van der Waals surface area contributed by atoms with Gasteiger partial charge in [-0.15, -0.1) is 0 Å². The van der Waals surface area contributed by atoms with E-state index in [0.29, 0.717) is 0 Å². The summed E-state index contributed by atoms with van der Waals surface area (Å²) in [6, 6.07) is 10.6. The van der Waals surface area contributed by atoms with Gasteiger partial charge in [-0.3, -0.25) is 4.90 Å². The molecule has 1 heteroatoms. The molecule has 1 heterocycles. The zero-order valence-electron chi connectivity index (χ0n) is 8.03. The SMILES string of the molecule is C/C(=C/CN1CC1)c1ccccc1. The molecule has 0 unspecified atom stereocenters. The van der Waals surface area contributed by atoms with Gasteiger partial charge in [0.2, 0.25) is 0 Å². The third-order valence-corrected chi connectivity index (χ3v) is 2.42. The first-order valence-corrected chi connectivity index (χ1v) is 4.81. The molecule has 0 aromatic heterocycles. The highest BCUT2D eigenvalue weighted by Crippen LogP contribution is 2.13. The Hall–Kier alpha value is -1.08. The fourth-order valence-corrected chi connectivity index (χ4v) is 1.34.